The van der Waals surface area contributed by atoms with Crippen molar-refractivity contribution in [2.24, 2.45) is 7.05 Å². The van der Waals surface area contributed by atoms with Crippen LogP contribution >= 0.6 is 11.6 Å². The molecule has 0 aliphatic carbocycles. The maximum Gasteiger partial charge on any atom is 0.260 e. The van der Waals surface area contributed by atoms with Gasteiger partial charge >= 0.3 is 0 Å². The highest BCUT2D eigenvalue weighted by Crippen LogP contribution is 2.26. The zero-order valence-corrected chi connectivity index (χ0v) is 14.0. The van der Waals surface area contributed by atoms with E-state index in [2.05, 4.69) is 24.3 Å². The van der Waals surface area contributed by atoms with Gasteiger partial charge in [0, 0.05) is 17.6 Å². The van der Waals surface area contributed by atoms with E-state index in [0.717, 1.165) is 29.9 Å². The molecular weight excluding hydrogens is 302 g/mol. The highest BCUT2D eigenvalue weighted by molar-refractivity contribution is 6.31. The number of hydrogen-bond acceptors (Lipinski definition) is 3. The van der Waals surface area contributed by atoms with Gasteiger partial charge in [0.05, 0.1) is 18.4 Å². The zero-order valence-electron chi connectivity index (χ0n) is 13.2. The molecule has 0 aliphatic rings. The van der Waals surface area contributed by atoms with E-state index >= 15 is 0 Å². The van der Waals surface area contributed by atoms with Gasteiger partial charge in [-0.15, -0.1) is 0 Å². The molecule has 0 fully saturated rings. The van der Waals surface area contributed by atoms with Gasteiger partial charge in [0.25, 0.3) is 5.91 Å². The predicted molar refractivity (Wildman–Crippen MR) is 87.9 cm³/mol. The standard InChI is InChI=1S/C16H20ClN3O2/c1-5-11-13(6-2)19-20(3)15(11)18-16(21)12-8-7-10(17)9-14(12)22-4/h7-9H,5-6H2,1-4H3,(H,18,21). The number of ether oxygens (including phenoxy) is 1. The molecule has 1 N–H and O–H groups in total. The Morgan fingerprint density at radius 3 is 2.68 bits per heavy atom. The summed E-state index contributed by atoms with van der Waals surface area (Å²) < 4.78 is 6.94. The van der Waals surface area contributed by atoms with Crippen molar-refractivity contribution >= 4 is 23.3 Å². The molecule has 0 spiro atoms. The molecule has 0 saturated heterocycles. The predicted octanol–water partition coefficient (Wildman–Crippen LogP) is 3.46. The number of aromatic nitrogens is 2. The van der Waals surface area contributed by atoms with Gasteiger partial charge in [-0.25, -0.2) is 0 Å². The summed E-state index contributed by atoms with van der Waals surface area (Å²) in [6, 6.07) is 4.94. The fourth-order valence-corrected chi connectivity index (χ4v) is 2.62. The van der Waals surface area contributed by atoms with Gasteiger partial charge in [-0.05, 0) is 31.0 Å². The number of benzene rings is 1. The molecular formula is C16H20ClN3O2. The van der Waals surface area contributed by atoms with Crippen LogP contribution < -0.4 is 10.1 Å². The number of methoxy groups -OCH3 is 1. The molecule has 118 valence electrons. The third-order valence-corrected chi connectivity index (χ3v) is 3.79. The average molecular weight is 322 g/mol. The molecule has 0 unspecified atom stereocenters. The Balaban J connectivity index is 2.35. The first-order valence-electron chi connectivity index (χ1n) is 7.21. The number of aryl methyl sites for hydroxylation is 2. The fraction of sp³-hybridized carbons (Fsp3) is 0.375. The highest BCUT2D eigenvalue weighted by atomic mass is 35.5. The maximum absolute atomic E-state index is 12.5. The first kappa shape index (κ1) is 16.4. The molecule has 1 heterocycles. The number of amides is 1. The molecule has 1 aromatic carbocycles. The van der Waals surface area contributed by atoms with Gasteiger partial charge in [0.1, 0.15) is 11.6 Å². The van der Waals surface area contributed by atoms with Crippen LogP contribution in [0.3, 0.4) is 0 Å². The summed E-state index contributed by atoms with van der Waals surface area (Å²) in [4.78, 5) is 12.5. The Labute approximate surface area is 135 Å². The van der Waals surface area contributed by atoms with Crippen LogP contribution in [-0.4, -0.2) is 22.8 Å². The topological polar surface area (TPSA) is 56.2 Å². The molecule has 0 aliphatic heterocycles. The fourth-order valence-electron chi connectivity index (χ4n) is 2.46. The Morgan fingerprint density at radius 1 is 1.36 bits per heavy atom. The Morgan fingerprint density at radius 2 is 2.09 bits per heavy atom. The number of anilines is 1. The van der Waals surface area contributed by atoms with Crippen LogP contribution in [0.15, 0.2) is 18.2 Å². The van der Waals surface area contributed by atoms with Gasteiger partial charge in [-0.1, -0.05) is 25.4 Å². The molecule has 22 heavy (non-hydrogen) atoms. The van der Waals surface area contributed by atoms with Gasteiger partial charge in [-0.3, -0.25) is 9.48 Å². The van der Waals surface area contributed by atoms with Gasteiger partial charge < -0.3 is 10.1 Å². The van der Waals surface area contributed by atoms with Gasteiger partial charge in [0.2, 0.25) is 0 Å². The average Bonchev–Trinajstić information content (AvgIpc) is 2.82. The van der Waals surface area contributed by atoms with Crippen LogP contribution in [0.2, 0.25) is 5.02 Å². The van der Waals surface area contributed by atoms with Crippen molar-refractivity contribution in [2.45, 2.75) is 26.7 Å². The lowest BCUT2D eigenvalue weighted by atomic mass is 10.1. The summed E-state index contributed by atoms with van der Waals surface area (Å²) in [6.07, 6.45) is 1.64. The van der Waals surface area contributed by atoms with Gasteiger partial charge in [0.15, 0.2) is 0 Å². The van der Waals surface area contributed by atoms with E-state index in [4.69, 9.17) is 16.3 Å². The van der Waals surface area contributed by atoms with Crippen LogP contribution in [0.5, 0.6) is 5.75 Å². The summed E-state index contributed by atoms with van der Waals surface area (Å²) in [7, 11) is 3.34. The normalized spacial score (nSPS) is 10.6. The molecule has 2 rings (SSSR count). The van der Waals surface area contributed by atoms with Crippen molar-refractivity contribution in [3.05, 3.63) is 40.0 Å². The van der Waals surface area contributed by atoms with Crippen LogP contribution in [0, 0.1) is 0 Å². The summed E-state index contributed by atoms with van der Waals surface area (Å²) in [5, 5.41) is 7.91. The van der Waals surface area contributed by atoms with E-state index in [9.17, 15) is 4.79 Å². The van der Waals surface area contributed by atoms with Crippen molar-refractivity contribution in [3.63, 3.8) is 0 Å². The minimum absolute atomic E-state index is 0.242. The van der Waals surface area contributed by atoms with E-state index in [1.165, 1.54) is 7.11 Å². The molecule has 1 amide bonds. The first-order valence-corrected chi connectivity index (χ1v) is 7.59. The first-order chi connectivity index (χ1) is 10.5. The smallest absolute Gasteiger partial charge is 0.260 e. The summed E-state index contributed by atoms with van der Waals surface area (Å²) in [6.45, 7) is 4.10. The quantitative estimate of drug-likeness (QED) is 0.917. The third-order valence-electron chi connectivity index (χ3n) is 3.56. The zero-order chi connectivity index (χ0) is 16.3. The summed E-state index contributed by atoms with van der Waals surface area (Å²) in [5.74, 6) is 0.927. The van der Waals surface area contributed by atoms with Crippen molar-refractivity contribution in [3.8, 4) is 5.75 Å². The van der Waals surface area contributed by atoms with Crippen LogP contribution in [0.4, 0.5) is 5.82 Å². The van der Waals surface area contributed by atoms with Crippen molar-refractivity contribution in [1.29, 1.82) is 0 Å². The minimum atomic E-state index is -0.242. The number of hydrogen-bond donors (Lipinski definition) is 1. The van der Waals surface area contributed by atoms with E-state index < -0.39 is 0 Å². The molecule has 1 aromatic heterocycles. The van der Waals surface area contributed by atoms with Crippen LogP contribution in [0.25, 0.3) is 0 Å². The van der Waals surface area contributed by atoms with E-state index in [1.807, 2.05) is 7.05 Å². The maximum atomic E-state index is 12.5. The second kappa shape index (κ2) is 6.83. The summed E-state index contributed by atoms with van der Waals surface area (Å²) >= 11 is 5.93. The van der Waals surface area contributed by atoms with Crippen LogP contribution in [0.1, 0.15) is 35.5 Å². The molecule has 0 radical (unpaired) electrons. The number of carbonyl (C=O) groups excluding carboxylic acids is 1. The number of carbonyl (C=O) groups is 1. The van der Waals surface area contributed by atoms with Crippen molar-refractivity contribution < 1.29 is 9.53 Å². The molecule has 0 bridgehead atoms. The second-order valence-corrected chi connectivity index (χ2v) is 5.34. The van der Waals surface area contributed by atoms with Crippen LogP contribution in [-0.2, 0) is 19.9 Å². The van der Waals surface area contributed by atoms with E-state index in [1.54, 1.807) is 22.9 Å². The number of nitrogens with zero attached hydrogens (tertiary/aromatic N) is 2. The Bertz CT molecular complexity index is 695. The van der Waals surface area contributed by atoms with E-state index in [0.29, 0.717) is 16.3 Å². The summed E-state index contributed by atoms with van der Waals surface area (Å²) in [5.41, 5.74) is 2.50. The molecule has 6 heteroatoms. The lowest BCUT2D eigenvalue weighted by Gasteiger charge is -2.11. The minimum Gasteiger partial charge on any atom is -0.496 e. The monoisotopic (exact) mass is 321 g/mol. The largest absolute Gasteiger partial charge is 0.496 e. The number of rotatable bonds is 5. The molecule has 5 nitrogen and oxygen atoms in total. The lowest BCUT2D eigenvalue weighted by Crippen LogP contribution is -2.16. The van der Waals surface area contributed by atoms with Gasteiger partial charge in [-0.2, -0.15) is 5.10 Å². The molecule has 0 saturated carbocycles. The van der Waals surface area contributed by atoms with E-state index in [-0.39, 0.29) is 5.91 Å². The second-order valence-electron chi connectivity index (χ2n) is 4.90. The number of halogens is 1. The van der Waals surface area contributed by atoms with Crippen molar-refractivity contribution in [1.82, 2.24) is 9.78 Å². The molecule has 2 aromatic rings. The Hall–Kier alpha value is -2.01. The highest BCUT2D eigenvalue weighted by Gasteiger charge is 2.18. The third kappa shape index (κ3) is 3.09. The van der Waals surface area contributed by atoms with Crippen molar-refractivity contribution in [2.75, 3.05) is 12.4 Å². The SMILES string of the molecule is CCc1nn(C)c(NC(=O)c2ccc(Cl)cc2OC)c1CC. The molecule has 0 atom stereocenters. The lowest BCUT2D eigenvalue weighted by molar-refractivity contribution is 0.102. The Kier molecular flexibility index (Phi) is 5.08. The number of nitrogens with one attached hydrogen (secondary N) is 1.